The van der Waals surface area contributed by atoms with E-state index in [9.17, 15) is 5.11 Å². The molecule has 0 radical (unpaired) electrons. The monoisotopic (exact) mass is 233 g/mol. The third kappa shape index (κ3) is 1.76. The Hall–Kier alpha value is -1.00. The third-order valence-corrected chi connectivity index (χ3v) is 4.36. The lowest BCUT2D eigenvalue weighted by atomic mass is 9.84. The molecule has 4 nitrogen and oxygen atoms in total. The van der Waals surface area contributed by atoms with Gasteiger partial charge in [0.25, 0.3) is 0 Å². The first-order valence-electron chi connectivity index (χ1n) is 6.32. The van der Waals surface area contributed by atoms with Crippen LogP contribution in [0, 0.1) is 6.92 Å². The van der Waals surface area contributed by atoms with Crippen molar-refractivity contribution in [3.05, 3.63) is 23.8 Å². The van der Waals surface area contributed by atoms with Gasteiger partial charge in [-0.05, 0) is 39.7 Å². The summed E-state index contributed by atoms with van der Waals surface area (Å²) in [6, 6.07) is 1.00. The molecule has 2 saturated heterocycles. The molecule has 2 aliphatic rings. The zero-order valence-corrected chi connectivity index (χ0v) is 10.4. The Bertz CT molecular complexity index is 420. The molecule has 92 valence electrons. The second-order valence-corrected chi connectivity index (χ2v) is 5.54. The lowest BCUT2D eigenvalue weighted by Crippen LogP contribution is -2.48. The molecule has 17 heavy (non-hydrogen) atoms. The largest absolute Gasteiger partial charge is 0.383 e. The van der Waals surface area contributed by atoms with Gasteiger partial charge in [-0.25, -0.2) is 0 Å². The van der Waals surface area contributed by atoms with Crippen molar-refractivity contribution in [3.8, 4) is 0 Å². The smallest absolute Gasteiger partial charge is 0.111 e. The number of fused-ring (bicyclic) bond motifs is 2. The first kappa shape index (κ1) is 11.1. The molecular weight excluding hydrogens is 214 g/mol. The Kier molecular flexibility index (Phi) is 2.45. The lowest BCUT2D eigenvalue weighted by Gasteiger charge is -2.41. The second-order valence-electron chi connectivity index (χ2n) is 5.54. The lowest BCUT2D eigenvalue weighted by molar-refractivity contribution is -0.0527. The fourth-order valence-electron chi connectivity index (χ4n) is 3.34. The van der Waals surface area contributed by atoms with E-state index in [4.69, 9.17) is 0 Å². The molecule has 4 heteroatoms. The fraction of sp³-hybridized carbons (Fsp3) is 0.692. The molecule has 2 atom stereocenters. The molecule has 0 saturated carbocycles. The highest BCUT2D eigenvalue weighted by Crippen LogP contribution is 2.44. The summed E-state index contributed by atoms with van der Waals surface area (Å²) in [5.41, 5.74) is 0.863. The van der Waals surface area contributed by atoms with Gasteiger partial charge in [0.15, 0.2) is 0 Å². The van der Waals surface area contributed by atoms with E-state index in [0.717, 1.165) is 24.2 Å². The molecule has 2 bridgehead atoms. The van der Waals surface area contributed by atoms with Crippen LogP contribution in [0.1, 0.15) is 37.1 Å². The SMILES string of the molecule is Cc1cncc(C2(O)CC3CCC(C2)N3C)n1. The van der Waals surface area contributed by atoms with Crippen molar-refractivity contribution < 1.29 is 5.11 Å². The van der Waals surface area contributed by atoms with E-state index in [0.29, 0.717) is 12.1 Å². The van der Waals surface area contributed by atoms with Crippen LogP contribution in [0.4, 0.5) is 0 Å². The highest BCUT2D eigenvalue weighted by atomic mass is 16.3. The standard InChI is InChI=1S/C13H19N3O/c1-9-7-14-8-12(15-9)13(17)5-10-3-4-11(6-13)16(10)2/h7-8,10-11,17H,3-6H2,1-2H3. The van der Waals surface area contributed by atoms with Crippen LogP contribution in [-0.4, -0.2) is 39.1 Å². The van der Waals surface area contributed by atoms with Gasteiger partial charge in [-0.2, -0.15) is 0 Å². The topological polar surface area (TPSA) is 49.3 Å². The summed E-state index contributed by atoms with van der Waals surface area (Å²) in [4.78, 5) is 11.0. The van der Waals surface area contributed by atoms with Crippen LogP contribution in [0.5, 0.6) is 0 Å². The van der Waals surface area contributed by atoms with Crippen LogP contribution >= 0.6 is 0 Å². The van der Waals surface area contributed by atoms with Crippen LogP contribution < -0.4 is 0 Å². The quantitative estimate of drug-likeness (QED) is 0.792. The molecular formula is C13H19N3O. The number of aliphatic hydroxyl groups is 1. The number of hydrogen-bond acceptors (Lipinski definition) is 4. The summed E-state index contributed by atoms with van der Waals surface area (Å²) in [6.45, 7) is 1.92. The average molecular weight is 233 g/mol. The second kappa shape index (κ2) is 3.75. The predicted octanol–water partition coefficient (Wildman–Crippen LogP) is 1.23. The maximum atomic E-state index is 10.8. The van der Waals surface area contributed by atoms with Gasteiger partial charge in [0.1, 0.15) is 5.60 Å². The summed E-state index contributed by atoms with van der Waals surface area (Å²) in [6.07, 6.45) is 7.43. The van der Waals surface area contributed by atoms with Gasteiger partial charge in [0.05, 0.1) is 17.6 Å². The number of piperidine rings is 1. The summed E-state index contributed by atoms with van der Waals surface area (Å²) in [7, 11) is 2.17. The minimum Gasteiger partial charge on any atom is -0.383 e. The normalized spacial score (nSPS) is 37.4. The van der Waals surface area contributed by atoms with Gasteiger partial charge in [-0.15, -0.1) is 0 Å². The predicted molar refractivity (Wildman–Crippen MR) is 64.5 cm³/mol. The number of aryl methyl sites for hydroxylation is 1. The van der Waals surface area contributed by atoms with Gasteiger partial charge >= 0.3 is 0 Å². The molecule has 0 aromatic carbocycles. The third-order valence-electron chi connectivity index (χ3n) is 4.36. The minimum absolute atomic E-state index is 0.501. The average Bonchev–Trinajstić information content (AvgIpc) is 2.53. The van der Waals surface area contributed by atoms with Crippen molar-refractivity contribution in [1.29, 1.82) is 0 Å². The van der Waals surface area contributed by atoms with Gasteiger partial charge in [-0.1, -0.05) is 0 Å². The Morgan fingerprint density at radius 1 is 1.29 bits per heavy atom. The Labute approximate surface area is 102 Å². The molecule has 0 aliphatic carbocycles. The molecule has 0 amide bonds. The first-order chi connectivity index (χ1) is 8.08. The Morgan fingerprint density at radius 3 is 2.53 bits per heavy atom. The van der Waals surface area contributed by atoms with Crippen LogP contribution in [0.2, 0.25) is 0 Å². The molecule has 3 heterocycles. The maximum Gasteiger partial charge on any atom is 0.111 e. The van der Waals surface area contributed by atoms with E-state index in [1.54, 1.807) is 12.4 Å². The molecule has 1 aromatic heterocycles. The number of hydrogen-bond donors (Lipinski definition) is 1. The molecule has 1 aromatic rings. The number of rotatable bonds is 1. The summed E-state index contributed by atoms with van der Waals surface area (Å²) < 4.78 is 0. The molecule has 1 N–H and O–H groups in total. The van der Waals surface area contributed by atoms with Crippen molar-refractivity contribution in [2.75, 3.05) is 7.05 Å². The zero-order chi connectivity index (χ0) is 12.0. The summed E-state index contributed by atoms with van der Waals surface area (Å²) >= 11 is 0. The van der Waals surface area contributed by atoms with E-state index in [-0.39, 0.29) is 0 Å². The highest BCUT2D eigenvalue weighted by molar-refractivity contribution is 5.16. The van der Waals surface area contributed by atoms with Crippen LogP contribution in [-0.2, 0) is 5.60 Å². The van der Waals surface area contributed by atoms with E-state index >= 15 is 0 Å². The van der Waals surface area contributed by atoms with E-state index < -0.39 is 5.60 Å². The van der Waals surface area contributed by atoms with Gasteiger partial charge in [-0.3, -0.25) is 9.97 Å². The van der Waals surface area contributed by atoms with E-state index in [1.807, 2.05) is 6.92 Å². The van der Waals surface area contributed by atoms with Crippen molar-refractivity contribution in [2.45, 2.75) is 50.3 Å². The number of nitrogens with zero attached hydrogens (tertiary/aromatic N) is 3. The van der Waals surface area contributed by atoms with E-state index in [1.165, 1.54) is 12.8 Å². The van der Waals surface area contributed by atoms with E-state index in [2.05, 4.69) is 21.9 Å². The van der Waals surface area contributed by atoms with Crippen molar-refractivity contribution in [3.63, 3.8) is 0 Å². The fourth-order valence-corrected chi connectivity index (χ4v) is 3.34. The van der Waals surface area contributed by atoms with Crippen LogP contribution in [0.15, 0.2) is 12.4 Å². The summed E-state index contributed by atoms with van der Waals surface area (Å²) in [5.74, 6) is 0. The molecule has 2 fully saturated rings. The molecule has 2 aliphatic heterocycles. The molecule has 0 spiro atoms. The van der Waals surface area contributed by atoms with Crippen molar-refractivity contribution >= 4 is 0 Å². The maximum absolute atomic E-state index is 10.8. The molecule has 2 unspecified atom stereocenters. The molecule has 3 rings (SSSR count). The van der Waals surface area contributed by atoms with Gasteiger partial charge in [0.2, 0.25) is 0 Å². The zero-order valence-electron chi connectivity index (χ0n) is 10.4. The summed E-state index contributed by atoms with van der Waals surface area (Å²) in [5, 5.41) is 10.8. The van der Waals surface area contributed by atoms with Crippen molar-refractivity contribution in [2.24, 2.45) is 0 Å². The van der Waals surface area contributed by atoms with Gasteiger partial charge < -0.3 is 10.0 Å². The minimum atomic E-state index is -0.767. The highest BCUT2D eigenvalue weighted by Gasteiger charge is 2.47. The van der Waals surface area contributed by atoms with Crippen LogP contribution in [0.3, 0.4) is 0 Å². The van der Waals surface area contributed by atoms with Crippen molar-refractivity contribution in [1.82, 2.24) is 14.9 Å². The Morgan fingerprint density at radius 2 is 1.94 bits per heavy atom. The Balaban J connectivity index is 1.93. The van der Waals surface area contributed by atoms with Crippen LogP contribution in [0.25, 0.3) is 0 Å². The van der Waals surface area contributed by atoms with Gasteiger partial charge in [0, 0.05) is 18.3 Å². The number of aromatic nitrogens is 2. The first-order valence-corrected chi connectivity index (χ1v) is 6.32.